The van der Waals surface area contributed by atoms with Gasteiger partial charge in [0.2, 0.25) is 5.82 Å². The maximum atomic E-state index is 13.1. The molecule has 0 unspecified atom stereocenters. The predicted octanol–water partition coefficient (Wildman–Crippen LogP) is 2.17. The molecule has 0 aliphatic carbocycles. The zero-order valence-corrected chi connectivity index (χ0v) is 14.8. The largest absolute Gasteiger partial charge is 0.399 e. The second kappa shape index (κ2) is 8.65. The van der Waals surface area contributed by atoms with Gasteiger partial charge in [0.1, 0.15) is 18.6 Å². The van der Waals surface area contributed by atoms with Gasteiger partial charge < -0.3 is 9.68 Å². The van der Waals surface area contributed by atoms with E-state index in [4.69, 9.17) is 9.68 Å². The molecule has 0 radical (unpaired) electrons. The number of benzene rings is 2. The Labute approximate surface area is 154 Å². The lowest BCUT2D eigenvalue weighted by atomic mass is 10.1. The van der Waals surface area contributed by atoms with Gasteiger partial charge in [-0.3, -0.25) is 0 Å². The average molecular weight is 368 g/mol. The van der Waals surface area contributed by atoms with Crippen LogP contribution in [0.3, 0.4) is 0 Å². The molecule has 0 saturated heterocycles. The molecule has 2 aromatic carbocycles. The van der Waals surface area contributed by atoms with Crippen LogP contribution in [0.1, 0.15) is 17.0 Å². The van der Waals surface area contributed by atoms with Crippen LogP contribution in [0.5, 0.6) is 0 Å². The fourth-order valence-corrected chi connectivity index (χ4v) is 2.32. The third-order valence-electron chi connectivity index (χ3n) is 3.62. The second-order valence-corrected chi connectivity index (χ2v) is 5.43. The summed E-state index contributed by atoms with van der Waals surface area (Å²) < 4.78 is 14.6. The first kappa shape index (κ1) is 18.2. The third kappa shape index (κ3) is 4.51. The van der Waals surface area contributed by atoms with E-state index in [0.29, 0.717) is 22.8 Å². The molecule has 9 heteroatoms. The van der Waals surface area contributed by atoms with Crippen molar-refractivity contribution in [2.24, 2.45) is 17.4 Å². The molecule has 27 heavy (non-hydrogen) atoms. The van der Waals surface area contributed by atoms with Gasteiger partial charge >= 0.3 is 0 Å². The first-order valence-electron chi connectivity index (χ1n) is 8.03. The van der Waals surface area contributed by atoms with Crippen molar-refractivity contribution in [1.29, 1.82) is 0 Å². The van der Waals surface area contributed by atoms with Crippen LogP contribution in [0.25, 0.3) is 0 Å². The lowest BCUT2D eigenvalue weighted by molar-refractivity contribution is 0.173. The summed E-state index contributed by atoms with van der Waals surface area (Å²) in [5, 5.41) is 19.6. The minimum Gasteiger partial charge on any atom is -0.399 e. The summed E-state index contributed by atoms with van der Waals surface area (Å²) in [6.07, 6.45) is 0. The Bertz CT molecular complexity index is 938. The maximum absolute atomic E-state index is 13.1. The fraction of sp³-hybridized carbons (Fsp3) is 0.167. The molecule has 0 bridgehead atoms. The Kier molecular flexibility index (Phi) is 5.83. The first-order valence-corrected chi connectivity index (χ1v) is 8.03. The summed E-state index contributed by atoms with van der Waals surface area (Å²) in [4.78, 5) is 10.4. The van der Waals surface area contributed by atoms with E-state index >= 15 is 0 Å². The van der Waals surface area contributed by atoms with E-state index in [1.807, 2.05) is 30.3 Å². The van der Waals surface area contributed by atoms with Gasteiger partial charge in [-0.2, -0.15) is 0 Å². The van der Waals surface area contributed by atoms with Gasteiger partial charge in [0.25, 0.3) is 0 Å². The Morgan fingerprint density at radius 2 is 1.78 bits per heavy atom. The van der Waals surface area contributed by atoms with Gasteiger partial charge in [0.15, 0.2) is 12.3 Å². The van der Waals surface area contributed by atoms with Crippen LogP contribution in [-0.4, -0.2) is 45.3 Å². The summed E-state index contributed by atoms with van der Waals surface area (Å²) in [5.41, 5.74) is 2.39. The highest BCUT2D eigenvalue weighted by molar-refractivity contribution is 6.10. The van der Waals surface area contributed by atoms with Crippen molar-refractivity contribution >= 4 is 11.4 Å². The van der Waals surface area contributed by atoms with Crippen LogP contribution in [-0.2, 0) is 16.7 Å². The van der Waals surface area contributed by atoms with Gasteiger partial charge in [0, 0.05) is 18.2 Å². The van der Waals surface area contributed by atoms with Crippen molar-refractivity contribution in [3.63, 3.8) is 0 Å². The van der Waals surface area contributed by atoms with Gasteiger partial charge in [-0.25, -0.2) is 9.07 Å². The minimum absolute atomic E-state index is 0.0150. The highest BCUT2D eigenvalue weighted by Crippen LogP contribution is 2.09. The number of tetrazole rings is 1. The van der Waals surface area contributed by atoms with Crippen LogP contribution in [0, 0.1) is 5.82 Å². The molecule has 0 saturated carbocycles. The fourth-order valence-electron chi connectivity index (χ4n) is 2.32. The number of rotatable bonds is 7. The van der Waals surface area contributed by atoms with Gasteiger partial charge in [-0.05, 0) is 34.7 Å². The molecule has 0 fully saturated rings. The summed E-state index contributed by atoms with van der Waals surface area (Å²) in [7, 11) is 3.14. The number of aryl methyl sites for hydroxylation is 1. The number of hydrogen-bond acceptors (Lipinski definition) is 7. The molecule has 1 heterocycles. The molecule has 8 nitrogen and oxygen atoms in total. The van der Waals surface area contributed by atoms with Crippen LogP contribution in [0.4, 0.5) is 4.39 Å². The molecule has 0 N–H and O–H groups in total. The van der Waals surface area contributed by atoms with Crippen molar-refractivity contribution in [2.75, 3.05) is 13.7 Å². The molecule has 3 rings (SSSR count). The number of aromatic nitrogens is 4. The van der Waals surface area contributed by atoms with Crippen molar-refractivity contribution in [1.82, 2.24) is 20.2 Å². The topological polar surface area (TPSA) is 86.8 Å². The minimum atomic E-state index is -0.337. The van der Waals surface area contributed by atoms with E-state index < -0.39 is 0 Å². The van der Waals surface area contributed by atoms with Gasteiger partial charge in [-0.15, -0.1) is 5.10 Å². The van der Waals surface area contributed by atoms with Crippen LogP contribution in [0.2, 0.25) is 0 Å². The summed E-state index contributed by atoms with van der Waals surface area (Å²) in [6, 6.07) is 15.3. The normalized spacial score (nSPS) is 12.1. The number of nitrogens with zero attached hydrogens (tertiary/aromatic N) is 6. The lowest BCUT2D eigenvalue weighted by Gasteiger charge is -2.07. The Morgan fingerprint density at radius 1 is 1.04 bits per heavy atom. The smallest absolute Gasteiger partial charge is 0.204 e. The van der Waals surface area contributed by atoms with Crippen molar-refractivity contribution in [3.05, 3.63) is 77.4 Å². The number of hydrogen-bond donors (Lipinski definition) is 0. The van der Waals surface area contributed by atoms with Crippen LogP contribution >= 0.6 is 0 Å². The van der Waals surface area contributed by atoms with E-state index in [0.717, 1.165) is 5.56 Å². The molecular weight excluding hydrogens is 351 g/mol. The molecule has 138 valence electrons. The molecule has 0 spiro atoms. The van der Waals surface area contributed by atoms with E-state index in [-0.39, 0.29) is 12.4 Å². The lowest BCUT2D eigenvalue weighted by Crippen LogP contribution is -2.14. The highest BCUT2D eigenvalue weighted by atomic mass is 19.1. The summed E-state index contributed by atoms with van der Waals surface area (Å²) in [6.45, 7) is 0.0150. The van der Waals surface area contributed by atoms with Crippen molar-refractivity contribution in [3.8, 4) is 0 Å². The van der Waals surface area contributed by atoms with Crippen LogP contribution < -0.4 is 0 Å². The molecule has 0 aliphatic heterocycles. The molecular formula is C18H17FN6O2. The Balaban J connectivity index is 1.85. The Hall–Kier alpha value is -3.62. The molecule has 0 amide bonds. The maximum Gasteiger partial charge on any atom is 0.204 e. The third-order valence-corrected chi connectivity index (χ3v) is 3.62. The first-order chi connectivity index (χ1) is 13.2. The monoisotopic (exact) mass is 368 g/mol. The van der Waals surface area contributed by atoms with E-state index in [1.165, 1.54) is 23.9 Å². The quantitative estimate of drug-likeness (QED) is 0.471. The van der Waals surface area contributed by atoms with Crippen molar-refractivity contribution in [2.45, 2.75) is 0 Å². The zero-order valence-electron chi connectivity index (χ0n) is 14.8. The Morgan fingerprint density at radius 3 is 2.41 bits per heavy atom. The zero-order chi connectivity index (χ0) is 19.1. The van der Waals surface area contributed by atoms with Gasteiger partial charge in [0.05, 0.1) is 0 Å². The van der Waals surface area contributed by atoms with E-state index in [1.54, 1.807) is 19.2 Å². The second-order valence-electron chi connectivity index (χ2n) is 5.43. The van der Waals surface area contributed by atoms with Crippen molar-refractivity contribution < 1.29 is 14.1 Å². The summed E-state index contributed by atoms with van der Waals surface area (Å²) >= 11 is 0. The standard InChI is InChI=1S/C18H17FN6O2/c1-25-18(20-23-24-25)17(14-6-4-3-5-7-14)22-27-12-16(21-26-2)13-8-10-15(19)11-9-13/h3-11H,12H2,1-2H3/b21-16-,22-17-. The number of oxime groups is 2. The molecule has 1 aromatic heterocycles. The molecule has 0 aliphatic rings. The molecule has 3 aromatic rings. The van der Waals surface area contributed by atoms with Crippen LogP contribution in [0.15, 0.2) is 64.9 Å². The van der Waals surface area contributed by atoms with E-state index in [9.17, 15) is 4.39 Å². The predicted molar refractivity (Wildman–Crippen MR) is 96.8 cm³/mol. The van der Waals surface area contributed by atoms with E-state index in [2.05, 4.69) is 25.8 Å². The molecule has 0 atom stereocenters. The SMILES string of the molecule is CO/N=C(/CO/N=C(/c1ccccc1)c1nnnn1C)c1ccc(F)cc1. The van der Waals surface area contributed by atoms with Gasteiger partial charge in [-0.1, -0.05) is 40.6 Å². The highest BCUT2D eigenvalue weighted by Gasteiger charge is 2.15. The average Bonchev–Trinajstić information content (AvgIpc) is 3.11. The summed E-state index contributed by atoms with van der Waals surface area (Å²) in [5.74, 6) is 0.115. The number of halogens is 1.